The molecule has 2 aromatic rings. The molecule has 3 rings (SSSR count). The average Bonchev–Trinajstić information content (AvgIpc) is 3.14. The van der Waals surface area contributed by atoms with E-state index in [9.17, 15) is 4.79 Å². The van der Waals surface area contributed by atoms with Crippen molar-refractivity contribution in [3.8, 4) is 11.5 Å². The minimum Gasteiger partial charge on any atom is -0.492 e. The van der Waals surface area contributed by atoms with Gasteiger partial charge >= 0.3 is 0 Å². The molecule has 0 aliphatic carbocycles. The SMILES string of the molecule is CCOc1cc(N2CCOCC2)c(OCC)cc1NC(=O)CSc1nnc(N)s1. The van der Waals surface area contributed by atoms with E-state index in [-0.39, 0.29) is 11.7 Å². The third kappa shape index (κ3) is 5.87. The molecule has 0 spiro atoms. The van der Waals surface area contributed by atoms with E-state index in [4.69, 9.17) is 19.9 Å². The van der Waals surface area contributed by atoms with Crippen LogP contribution in [0, 0.1) is 0 Å². The van der Waals surface area contributed by atoms with Gasteiger partial charge in [-0.05, 0) is 13.8 Å². The van der Waals surface area contributed by atoms with Crippen molar-refractivity contribution < 1.29 is 19.0 Å². The topological polar surface area (TPSA) is 112 Å². The molecular formula is C18H25N5O4S2. The summed E-state index contributed by atoms with van der Waals surface area (Å²) in [5.41, 5.74) is 7.09. The number of amides is 1. The van der Waals surface area contributed by atoms with Gasteiger partial charge in [-0.3, -0.25) is 4.79 Å². The molecule has 1 fully saturated rings. The number of nitrogens with two attached hydrogens (primary N) is 1. The Morgan fingerprint density at radius 3 is 2.62 bits per heavy atom. The third-order valence-corrected chi connectivity index (χ3v) is 5.92. The lowest BCUT2D eigenvalue weighted by atomic mass is 10.2. The Balaban J connectivity index is 1.78. The number of anilines is 3. The maximum Gasteiger partial charge on any atom is 0.234 e. The second kappa shape index (κ2) is 10.5. The van der Waals surface area contributed by atoms with Gasteiger partial charge in [0.15, 0.2) is 4.34 Å². The summed E-state index contributed by atoms with van der Waals surface area (Å²) in [5.74, 6) is 1.33. The van der Waals surface area contributed by atoms with Crippen LogP contribution in [0.15, 0.2) is 16.5 Å². The number of morpholine rings is 1. The summed E-state index contributed by atoms with van der Waals surface area (Å²) < 4.78 is 17.8. The smallest absolute Gasteiger partial charge is 0.234 e. The maximum atomic E-state index is 12.5. The molecule has 1 saturated heterocycles. The number of carbonyl (C=O) groups excluding carboxylic acids is 1. The summed E-state index contributed by atoms with van der Waals surface area (Å²) in [7, 11) is 0. The molecule has 2 heterocycles. The number of nitrogen functional groups attached to an aromatic ring is 1. The standard InChI is InChI=1S/C18H25N5O4S2/c1-3-26-14-10-13(23-5-7-25-8-6-23)15(27-4-2)9-12(14)20-16(24)11-28-18-22-21-17(19)29-18/h9-10H,3-8,11H2,1-2H3,(H2,19,21)(H,20,24). The molecule has 1 amide bonds. The first-order valence-electron chi connectivity index (χ1n) is 9.38. The summed E-state index contributed by atoms with van der Waals surface area (Å²) in [6.45, 7) is 7.74. The minimum absolute atomic E-state index is 0.175. The molecule has 0 unspecified atom stereocenters. The van der Waals surface area contributed by atoms with Crippen molar-refractivity contribution in [3.05, 3.63) is 12.1 Å². The van der Waals surface area contributed by atoms with Crippen molar-refractivity contribution in [2.75, 3.05) is 61.2 Å². The van der Waals surface area contributed by atoms with Gasteiger partial charge in [0.2, 0.25) is 11.0 Å². The fourth-order valence-electron chi connectivity index (χ4n) is 2.84. The second-order valence-electron chi connectivity index (χ2n) is 6.02. The van der Waals surface area contributed by atoms with Crippen molar-refractivity contribution in [3.63, 3.8) is 0 Å². The van der Waals surface area contributed by atoms with Crippen molar-refractivity contribution in [2.45, 2.75) is 18.2 Å². The molecule has 0 radical (unpaired) electrons. The molecule has 0 bridgehead atoms. The number of carbonyl (C=O) groups is 1. The van der Waals surface area contributed by atoms with E-state index in [1.807, 2.05) is 26.0 Å². The zero-order valence-corrected chi connectivity index (χ0v) is 18.1. The largest absolute Gasteiger partial charge is 0.492 e. The van der Waals surface area contributed by atoms with Crippen LogP contribution in [0.25, 0.3) is 0 Å². The molecule has 1 aliphatic heterocycles. The van der Waals surface area contributed by atoms with Gasteiger partial charge in [-0.25, -0.2) is 0 Å². The molecule has 29 heavy (non-hydrogen) atoms. The zero-order chi connectivity index (χ0) is 20.6. The molecule has 11 heteroatoms. The number of ether oxygens (including phenoxy) is 3. The van der Waals surface area contributed by atoms with Crippen LogP contribution in [0.4, 0.5) is 16.5 Å². The normalized spacial score (nSPS) is 13.9. The minimum atomic E-state index is -0.175. The van der Waals surface area contributed by atoms with E-state index >= 15 is 0 Å². The summed E-state index contributed by atoms with van der Waals surface area (Å²) in [4.78, 5) is 14.7. The lowest BCUT2D eigenvalue weighted by Gasteiger charge is -2.31. The van der Waals surface area contributed by atoms with Crippen LogP contribution in [0.2, 0.25) is 0 Å². The number of benzene rings is 1. The van der Waals surface area contributed by atoms with Crippen molar-refractivity contribution >= 4 is 45.5 Å². The van der Waals surface area contributed by atoms with Crippen molar-refractivity contribution in [2.24, 2.45) is 0 Å². The Labute approximate surface area is 177 Å². The zero-order valence-electron chi connectivity index (χ0n) is 16.5. The molecule has 158 valence electrons. The molecule has 0 atom stereocenters. The van der Waals surface area contributed by atoms with Gasteiger partial charge in [0.1, 0.15) is 11.5 Å². The van der Waals surface area contributed by atoms with Crippen LogP contribution in [-0.2, 0) is 9.53 Å². The number of hydrogen-bond acceptors (Lipinski definition) is 10. The highest BCUT2D eigenvalue weighted by Crippen LogP contribution is 2.39. The van der Waals surface area contributed by atoms with Crippen LogP contribution >= 0.6 is 23.1 Å². The van der Waals surface area contributed by atoms with Gasteiger partial charge < -0.3 is 30.2 Å². The average molecular weight is 440 g/mol. The molecule has 0 saturated carbocycles. The number of rotatable bonds is 9. The van der Waals surface area contributed by atoms with Gasteiger partial charge in [-0.1, -0.05) is 23.1 Å². The second-order valence-corrected chi connectivity index (χ2v) is 8.26. The summed E-state index contributed by atoms with van der Waals surface area (Å²) >= 11 is 2.54. The quantitative estimate of drug-likeness (QED) is 0.569. The summed E-state index contributed by atoms with van der Waals surface area (Å²) in [6.07, 6.45) is 0. The van der Waals surface area contributed by atoms with Crippen molar-refractivity contribution in [1.82, 2.24) is 10.2 Å². The van der Waals surface area contributed by atoms with Crippen LogP contribution in [-0.4, -0.2) is 61.4 Å². The number of aromatic nitrogens is 2. The number of nitrogens with zero attached hydrogens (tertiary/aromatic N) is 3. The number of hydrogen-bond donors (Lipinski definition) is 2. The Kier molecular flexibility index (Phi) is 7.78. The highest BCUT2D eigenvalue weighted by atomic mass is 32.2. The van der Waals surface area contributed by atoms with Crippen molar-refractivity contribution in [1.29, 1.82) is 0 Å². The van der Waals surface area contributed by atoms with Gasteiger partial charge in [0.25, 0.3) is 0 Å². The highest BCUT2D eigenvalue weighted by molar-refractivity contribution is 8.01. The lowest BCUT2D eigenvalue weighted by Crippen LogP contribution is -2.36. The highest BCUT2D eigenvalue weighted by Gasteiger charge is 2.20. The van der Waals surface area contributed by atoms with Gasteiger partial charge in [-0.2, -0.15) is 0 Å². The predicted octanol–water partition coefficient (Wildman–Crippen LogP) is 2.49. The van der Waals surface area contributed by atoms with E-state index in [1.165, 1.54) is 23.1 Å². The summed E-state index contributed by atoms with van der Waals surface area (Å²) in [6, 6.07) is 3.75. The summed E-state index contributed by atoms with van der Waals surface area (Å²) in [5, 5.41) is 11.0. The van der Waals surface area contributed by atoms with Crippen LogP contribution < -0.4 is 25.4 Å². The van der Waals surface area contributed by atoms with E-state index < -0.39 is 0 Å². The first-order valence-corrected chi connectivity index (χ1v) is 11.2. The predicted molar refractivity (Wildman–Crippen MR) is 115 cm³/mol. The number of nitrogens with one attached hydrogen (secondary N) is 1. The lowest BCUT2D eigenvalue weighted by molar-refractivity contribution is -0.113. The first kappa shape index (κ1) is 21.5. The fraction of sp³-hybridized carbons (Fsp3) is 0.500. The molecular weight excluding hydrogens is 414 g/mol. The Hall–Kier alpha value is -2.24. The van der Waals surface area contributed by atoms with Crippen LogP contribution in [0.3, 0.4) is 0 Å². The van der Waals surface area contributed by atoms with Crippen LogP contribution in [0.5, 0.6) is 11.5 Å². The Morgan fingerprint density at radius 2 is 1.97 bits per heavy atom. The van der Waals surface area contributed by atoms with Crippen LogP contribution in [0.1, 0.15) is 13.8 Å². The van der Waals surface area contributed by atoms with Gasteiger partial charge in [0.05, 0.1) is 43.6 Å². The molecule has 1 aliphatic rings. The first-order chi connectivity index (χ1) is 14.1. The Bertz CT molecular complexity index is 827. The van der Waals surface area contributed by atoms with E-state index in [2.05, 4.69) is 20.4 Å². The Morgan fingerprint density at radius 1 is 1.24 bits per heavy atom. The van der Waals surface area contributed by atoms with Gasteiger partial charge in [-0.15, -0.1) is 10.2 Å². The van der Waals surface area contributed by atoms with E-state index in [1.54, 1.807) is 0 Å². The molecule has 9 nitrogen and oxygen atoms in total. The van der Waals surface area contributed by atoms with Gasteiger partial charge in [0, 0.05) is 25.2 Å². The van der Waals surface area contributed by atoms with E-state index in [0.29, 0.717) is 53.1 Å². The molecule has 1 aromatic heterocycles. The fourth-order valence-corrected chi connectivity index (χ4v) is 4.27. The van der Waals surface area contributed by atoms with E-state index in [0.717, 1.165) is 18.8 Å². The molecule has 3 N–H and O–H groups in total. The monoisotopic (exact) mass is 439 g/mol. The third-order valence-electron chi connectivity index (χ3n) is 4.04. The molecule has 1 aromatic carbocycles. The maximum absolute atomic E-state index is 12.5. The number of thioether (sulfide) groups is 1.